The lowest BCUT2D eigenvalue weighted by atomic mass is 10.2. The lowest BCUT2D eigenvalue weighted by Gasteiger charge is -2.40. The number of para-hydroxylation sites is 4. The van der Waals surface area contributed by atoms with E-state index in [2.05, 4.69) is 4.90 Å². The second-order valence-corrected chi connectivity index (χ2v) is 10.7. The van der Waals surface area contributed by atoms with Crippen LogP contribution in [0.4, 0.5) is 11.4 Å². The highest BCUT2D eigenvalue weighted by Gasteiger charge is 2.39. The van der Waals surface area contributed by atoms with Gasteiger partial charge in [-0.3, -0.25) is 9.10 Å². The van der Waals surface area contributed by atoms with Crippen LogP contribution in [0.15, 0.2) is 78.9 Å². The van der Waals surface area contributed by atoms with E-state index in [0.29, 0.717) is 43.2 Å². The summed E-state index contributed by atoms with van der Waals surface area (Å²) in [4.78, 5) is 17.4. The summed E-state index contributed by atoms with van der Waals surface area (Å²) in [5, 5.41) is 0. The molecule has 0 radical (unpaired) electrons. The van der Waals surface area contributed by atoms with Gasteiger partial charge >= 0.3 is 0 Å². The first kappa shape index (κ1) is 24.0. The molecule has 3 aromatic rings. The van der Waals surface area contributed by atoms with Crippen molar-refractivity contribution in [2.45, 2.75) is 11.9 Å². The Morgan fingerprint density at radius 2 is 1.53 bits per heavy atom. The van der Waals surface area contributed by atoms with Crippen molar-refractivity contribution in [1.29, 1.82) is 0 Å². The van der Waals surface area contributed by atoms with E-state index in [4.69, 9.17) is 9.47 Å². The van der Waals surface area contributed by atoms with Gasteiger partial charge in [0.25, 0.3) is 5.91 Å². The van der Waals surface area contributed by atoms with Gasteiger partial charge in [-0.05, 0) is 29.8 Å². The first-order valence-corrected chi connectivity index (χ1v) is 13.5. The molecule has 0 saturated carbocycles. The number of benzene rings is 3. The van der Waals surface area contributed by atoms with Crippen molar-refractivity contribution in [3.8, 4) is 11.5 Å². The van der Waals surface area contributed by atoms with E-state index in [9.17, 15) is 13.2 Å². The number of carbonyl (C=O) groups is 1. The number of piperazine rings is 1. The quantitative estimate of drug-likeness (QED) is 0.510. The van der Waals surface area contributed by atoms with Crippen LogP contribution >= 0.6 is 0 Å². The number of hydrogen-bond donors (Lipinski definition) is 0. The third-order valence-electron chi connectivity index (χ3n) is 6.56. The van der Waals surface area contributed by atoms with E-state index in [1.54, 1.807) is 48.4 Å². The number of anilines is 2. The second kappa shape index (κ2) is 10.1. The van der Waals surface area contributed by atoms with Crippen LogP contribution in [0.25, 0.3) is 0 Å². The fraction of sp³-hybridized carbons (Fsp3) is 0.296. The van der Waals surface area contributed by atoms with E-state index < -0.39 is 16.1 Å². The summed E-state index contributed by atoms with van der Waals surface area (Å²) in [6, 6.07) is 23.8. The molecule has 2 aliphatic heterocycles. The Balaban J connectivity index is 1.32. The fourth-order valence-corrected chi connectivity index (χ4v) is 6.30. The highest BCUT2D eigenvalue weighted by atomic mass is 32.2. The van der Waals surface area contributed by atoms with Crippen LogP contribution in [0.3, 0.4) is 0 Å². The maximum Gasteiger partial charge on any atom is 0.265 e. The van der Waals surface area contributed by atoms with Gasteiger partial charge in [0.05, 0.1) is 30.8 Å². The lowest BCUT2D eigenvalue weighted by molar-refractivity contribution is -0.138. The van der Waals surface area contributed by atoms with E-state index in [1.165, 1.54) is 4.31 Å². The van der Waals surface area contributed by atoms with Crippen LogP contribution in [-0.4, -0.2) is 65.2 Å². The number of fused-ring (bicyclic) bond motifs is 1. The number of methoxy groups -OCH3 is 1. The molecule has 2 heterocycles. The second-order valence-electron chi connectivity index (χ2n) is 8.83. The van der Waals surface area contributed by atoms with Crippen molar-refractivity contribution < 1.29 is 22.7 Å². The van der Waals surface area contributed by atoms with Crippen LogP contribution in [0.1, 0.15) is 5.56 Å². The molecule has 3 aromatic carbocycles. The van der Waals surface area contributed by atoms with Gasteiger partial charge in [0.2, 0.25) is 10.0 Å². The molecule has 8 nitrogen and oxygen atoms in total. The number of amides is 1. The highest BCUT2D eigenvalue weighted by molar-refractivity contribution is 7.92. The molecule has 0 aliphatic carbocycles. The predicted octanol–water partition coefficient (Wildman–Crippen LogP) is 3.14. The zero-order valence-electron chi connectivity index (χ0n) is 20.1. The molecule has 2 aliphatic rings. The largest absolute Gasteiger partial charge is 0.495 e. The van der Waals surface area contributed by atoms with E-state index in [-0.39, 0.29) is 18.2 Å². The van der Waals surface area contributed by atoms with Gasteiger partial charge < -0.3 is 19.3 Å². The van der Waals surface area contributed by atoms with Crippen LogP contribution in [0, 0.1) is 0 Å². The van der Waals surface area contributed by atoms with Crippen molar-refractivity contribution in [2.75, 3.05) is 49.0 Å². The summed E-state index contributed by atoms with van der Waals surface area (Å²) < 4.78 is 39.7. The van der Waals surface area contributed by atoms with Gasteiger partial charge in [0.1, 0.15) is 11.5 Å². The fourth-order valence-electron chi connectivity index (χ4n) is 4.72. The third-order valence-corrected chi connectivity index (χ3v) is 8.27. The number of ether oxygens (including phenoxy) is 2. The zero-order chi connectivity index (χ0) is 25.1. The van der Waals surface area contributed by atoms with Gasteiger partial charge in [-0.25, -0.2) is 8.42 Å². The lowest BCUT2D eigenvalue weighted by Crippen LogP contribution is -2.56. The van der Waals surface area contributed by atoms with E-state index in [1.807, 2.05) is 42.5 Å². The van der Waals surface area contributed by atoms with E-state index in [0.717, 1.165) is 11.4 Å². The average Bonchev–Trinajstić information content (AvgIpc) is 2.92. The molecule has 1 atom stereocenters. The molecule has 0 aromatic heterocycles. The van der Waals surface area contributed by atoms with Crippen LogP contribution in [-0.2, 0) is 20.6 Å². The number of nitrogens with zero attached hydrogens (tertiary/aromatic N) is 3. The Hall–Kier alpha value is -3.72. The topological polar surface area (TPSA) is 79.4 Å². The molecule has 36 heavy (non-hydrogen) atoms. The summed E-state index contributed by atoms with van der Waals surface area (Å²) in [6.07, 6.45) is -0.914. The Morgan fingerprint density at radius 3 is 2.25 bits per heavy atom. The Kier molecular flexibility index (Phi) is 6.73. The standard InChI is InChI=1S/C27H29N3O5S/c1-34-24-13-7-5-11-22(24)28-15-17-29(18-16-28)27(31)26-19-30(23-12-6-8-14-25(23)35-26)36(32,33)20-21-9-3-2-4-10-21/h2-14,26H,15-20H2,1H3/t26-/m0/s1. The molecule has 0 spiro atoms. The summed E-state index contributed by atoms with van der Waals surface area (Å²) in [6.45, 7) is 2.25. The van der Waals surface area contributed by atoms with Crippen LogP contribution < -0.4 is 18.7 Å². The van der Waals surface area contributed by atoms with Crippen LogP contribution in [0.2, 0.25) is 0 Å². The Labute approximate surface area is 211 Å². The summed E-state index contributed by atoms with van der Waals surface area (Å²) in [5.74, 6) is 0.833. The smallest absolute Gasteiger partial charge is 0.265 e. The van der Waals surface area contributed by atoms with Crippen LogP contribution in [0.5, 0.6) is 11.5 Å². The van der Waals surface area contributed by atoms with Gasteiger partial charge in [0, 0.05) is 26.2 Å². The molecule has 1 fully saturated rings. The molecule has 0 N–H and O–H groups in total. The first-order chi connectivity index (χ1) is 17.5. The maximum atomic E-state index is 13.5. The van der Waals surface area contributed by atoms with Gasteiger partial charge in [-0.15, -0.1) is 0 Å². The molecule has 0 unspecified atom stereocenters. The molecule has 0 bridgehead atoms. The first-order valence-electron chi connectivity index (χ1n) is 11.9. The summed E-state index contributed by atoms with van der Waals surface area (Å²) >= 11 is 0. The number of hydrogen-bond acceptors (Lipinski definition) is 6. The summed E-state index contributed by atoms with van der Waals surface area (Å²) in [7, 11) is -2.09. The highest BCUT2D eigenvalue weighted by Crippen LogP contribution is 2.36. The Morgan fingerprint density at radius 1 is 0.889 bits per heavy atom. The molecular weight excluding hydrogens is 478 g/mol. The van der Waals surface area contributed by atoms with Crippen molar-refractivity contribution in [1.82, 2.24) is 4.90 Å². The minimum atomic E-state index is -3.74. The molecule has 1 amide bonds. The molecule has 188 valence electrons. The minimum absolute atomic E-state index is 0.0578. The van der Waals surface area contributed by atoms with Gasteiger partial charge in [0.15, 0.2) is 6.10 Å². The van der Waals surface area contributed by atoms with Gasteiger partial charge in [-0.1, -0.05) is 54.6 Å². The van der Waals surface area contributed by atoms with E-state index >= 15 is 0 Å². The monoisotopic (exact) mass is 507 g/mol. The maximum absolute atomic E-state index is 13.5. The molecule has 9 heteroatoms. The van der Waals surface area contributed by atoms with Gasteiger partial charge in [-0.2, -0.15) is 0 Å². The SMILES string of the molecule is COc1ccccc1N1CCN(C(=O)[C@@H]2CN(S(=O)(=O)Cc3ccccc3)c3ccccc3O2)CC1. The zero-order valence-corrected chi connectivity index (χ0v) is 20.9. The normalized spacial score (nSPS) is 17.8. The van der Waals surface area contributed by atoms with Crippen molar-refractivity contribution in [3.05, 3.63) is 84.4 Å². The number of sulfonamides is 1. The van der Waals surface area contributed by atoms with Crippen molar-refractivity contribution in [2.24, 2.45) is 0 Å². The molecule has 1 saturated heterocycles. The average molecular weight is 508 g/mol. The summed E-state index contributed by atoms with van der Waals surface area (Å²) in [5.41, 5.74) is 2.14. The number of carbonyl (C=O) groups excluding carboxylic acids is 1. The predicted molar refractivity (Wildman–Crippen MR) is 139 cm³/mol. The number of rotatable bonds is 6. The Bertz CT molecular complexity index is 1320. The van der Waals surface area contributed by atoms with Crippen molar-refractivity contribution >= 4 is 27.3 Å². The minimum Gasteiger partial charge on any atom is -0.495 e. The third kappa shape index (κ3) is 4.83. The molecule has 5 rings (SSSR count). The van der Waals surface area contributed by atoms with Crippen molar-refractivity contribution in [3.63, 3.8) is 0 Å². The molecular formula is C27H29N3O5S.